The van der Waals surface area contributed by atoms with Crippen molar-refractivity contribution in [1.29, 1.82) is 0 Å². The number of hydrogen-bond donors (Lipinski definition) is 2. The summed E-state index contributed by atoms with van der Waals surface area (Å²) in [7, 11) is 0. The van der Waals surface area contributed by atoms with Crippen LogP contribution in [0.5, 0.6) is 0 Å². The van der Waals surface area contributed by atoms with E-state index in [0.717, 1.165) is 29.0 Å². The van der Waals surface area contributed by atoms with E-state index < -0.39 is 11.7 Å². The number of aromatic amines is 1. The van der Waals surface area contributed by atoms with Crippen LogP contribution in [-0.2, 0) is 12.7 Å². The second kappa shape index (κ2) is 6.46. The molecule has 4 rings (SSSR count). The first-order valence-electron chi connectivity index (χ1n) is 8.30. The first-order valence-corrected chi connectivity index (χ1v) is 8.30. The van der Waals surface area contributed by atoms with Crippen molar-refractivity contribution in [2.75, 3.05) is 5.01 Å². The molecule has 0 spiro atoms. The second-order valence-corrected chi connectivity index (χ2v) is 6.27. The molecule has 2 N–H and O–H groups in total. The normalized spacial score (nSPS) is 15.6. The number of aryl methyl sites for hydroxylation is 1. The van der Waals surface area contributed by atoms with Crippen LogP contribution in [0.1, 0.15) is 22.4 Å². The van der Waals surface area contributed by atoms with E-state index in [4.69, 9.17) is 0 Å². The summed E-state index contributed by atoms with van der Waals surface area (Å²) < 4.78 is 39.2. The molecule has 0 saturated carbocycles. The maximum absolute atomic E-state index is 13.1. The number of amidine groups is 1. The lowest BCUT2D eigenvalue weighted by Gasteiger charge is -2.33. The van der Waals surface area contributed by atoms with Gasteiger partial charge in [-0.2, -0.15) is 18.3 Å². The van der Waals surface area contributed by atoms with Gasteiger partial charge in [0.15, 0.2) is 11.7 Å². The first kappa shape index (κ1) is 17.1. The molecule has 0 aliphatic carbocycles. The van der Waals surface area contributed by atoms with E-state index in [1.54, 1.807) is 17.1 Å². The van der Waals surface area contributed by atoms with Gasteiger partial charge in [0.05, 0.1) is 17.8 Å². The molecule has 138 valence electrons. The number of nitrogens with one attached hydrogen (secondary N) is 2. The molecule has 0 unspecified atom stereocenters. The molecule has 27 heavy (non-hydrogen) atoms. The van der Waals surface area contributed by atoms with Gasteiger partial charge >= 0.3 is 6.18 Å². The minimum atomic E-state index is -4.40. The summed E-state index contributed by atoms with van der Waals surface area (Å²) in [4.78, 5) is 4.53. The fourth-order valence-electron chi connectivity index (χ4n) is 2.95. The van der Waals surface area contributed by atoms with Gasteiger partial charge in [-0.05, 0) is 30.7 Å². The number of alkyl halides is 3. The minimum Gasteiger partial charge on any atom is -0.282 e. The quantitative estimate of drug-likeness (QED) is 0.705. The zero-order valence-corrected chi connectivity index (χ0v) is 14.4. The summed E-state index contributed by atoms with van der Waals surface area (Å²) in [6.07, 6.45) is -4.40. The average Bonchev–Trinajstić information content (AvgIpc) is 3.06. The summed E-state index contributed by atoms with van der Waals surface area (Å²) in [5, 5.41) is 8.58. The maximum Gasteiger partial charge on any atom is 0.416 e. The fraction of sp³-hybridized carbons (Fsp3) is 0.158. The number of H-pyrrole nitrogens is 1. The van der Waals surface area contributed by atoms with Crippen LogP contribution in [0.2, 0.25) is 0 Å². The standard InChI is InChI=1S/C19H16F3N5/c1-12-9-17(25-24-12)23-18-16-8-3-2-5-13(16)11-27(26-18)15-7-4-6-14(10-15)19(20,21)22/h2-10H,11H2,1H3,(H2,23,24,25,26). The molecule has 2 heterocycles. The Hall–Kier alpha value is -3.29. The van der Waals surface area contributed by atoms with Gasteiger partial charge < -0.3 is 0 Å². The largest absolute Gasteiger partial charge is 0.416 e. The lowest BCUT2D eigenvalue weighted by atomic mass is 10.0. The smallest absolute Gasteiger partial charge is 0.282 e. The van der Waals surface area contributed by atoms with Crippen LogP contribution in [0.15, 0.2) is 59.6 Å². The summed E-state index contributed by atoms with van der Waals surface area (Å²) >= 11 is 0. The molecule has 0 fully saturated rings. The second-order valence-electron chi connectivity index (χ2n) is 6.27. The van der Waals surface area contributed by atoms with Crippen molar-refractivity contribution in [3.8, 4) is 0 Å². The molecule has 1 aliphatic heterocycles. The van der Waals surface area contributed by atoms with E-state index >= 15 is 0 Å². The highest BCUT2D eigenvalue weighted by molar-refractivity contribution is 6.03. The Balaban J connectivity index is 1.74. The molecular weight excluding hydrogens is 355 g/mol. The molecule has 0 radical (unpaired) electrons. The summed E-state index contributed by atoms with van der Waals surface area (Å²) in [6, 6.07) is 14.6. The zero-order chi connectivity index (χ0) is 19.0. The molecule has 1 aliphatic rings. The number of nitrogens with zero attached hydrogens (tertiary/aromatic N) is 3. The number of anilines is 1. The monoisotopic (exact) mass is 371 g/mol. The molecule has 8 heteroatoms. The SMILES string of the molecule is Cc1cc(N=C2NN(c3cccc(C(F)(F)F)c3)Cc3ccccc32)n[nH]1. The Bertz CT molecular complexity index is 1010. The van der Waals surface area contributed by atoms with Crippen LogP contribution in [0.4, 0.5) is 24.7 Å². The van der Waals surface area contributed by atoms with Crippen LogP contribution in [-0.4, -0.2) is 16.0 Å². The van der Waals surface area contributed by atoms with Gasteiger partial charge in [-0.25, -0.2) is 4.99 Å². The highest BCUT2D eigenvalue weighted by Crippen LogP contribution is 2.32. The van der Waals surface area contributed by atoms with Gasteiger partial charge in [0.2, 0.25) is 0 Å². The molecule has 0 bridgehead atoms. The van der Waals surface area contributed by atoms with Gasteiger partial charge in [-0.3, -0.25) is 15.5 Å². The maximum atomic E-state index is 13.1. The molecule has 5 nitrogen and oxygen atoms in total. The zero-order valence-electron chi connectivity index (χ0n) is 14.4. The molecule has 3 aromatic rings. The summed E-state index contributed by atoms with van der Waals surface area (Å²) in [6.45, 7) is 2.28. The van der Waals surface area contributed by atoms with Gasteiger partial charge in [-0.1, -0.05) is 30.3 Å². The van der Waals surface area contributed by atoms with Crippen LogP contribution in [0.25, 0.3) is 0 Å². The van der Waals surface area contributed by atoms with Crippen molar-refractivity contribution in [3.63, 3.8) is 0 Å². The molecule has 1 aromatic heterocycles. The van der Waals surface area contributed by atoms with E-state index in [-0.39, 0.29) is 0 Å². The van der Waals surface area contributed by atoms with Gasteiger partial charge in [-0.15, -0.1) is 0 Å². The van der Waals surface area contributed by atoms with Gasteiger partial charge in [0.25, 0.3) is 0 Å². The Kier molecular flexibility index (Phi) is 4.10. The van der Waals surface area contributed by atoms with Crippen LogP contribution >= 0.6 is 0 Å². The third kappa shape index (κ3) is 3.51. The van der Waals surface area contributed by atoms with Crippen molar-refractivity contribution in [3.05, 3.63) is 77.0 Å². The number of rotatable bonds is 2. The average molecular weight is 371 g/mol. The first-order chi connectivity index (χ1) is 12.9. The van der Waals surface area contributed by atoms with Crippen LogP contribution in [0, 0.1) is 6.92 Å². The number of aliphatic imine (C=N–C) groups is 1. The molecule has 0 amide bonds. The van der Waals surface area contributed by atoms with Gasteiger partial charge in [0, 0.05) is 17.3 Å². The summed E-state index contributed by atoms with van der Waals surface area (Å²) in [5.41, 5.74) is 5.56. The topological polar surface area (TPSA) is 56.3 Å². The number of hydrazine groups is 1. The lowest BCUT2D eigenvalue weighted by molar-refractivity contribution is -0.137. The van der Waals surface area contributed by atoms with Crippen molar-refractivity contribution in [2.24, 2.45) is 4.99 Å². The Morgan fingerprint density at radius 3 is 2.63 bits per heavy atom. The molecular formula is C19H16F3N5. The van der Waals surface area contributed by atoms with E-state index in [2.05, 4.69) is 20.6 Å². The molecule has 0 atom stereocenters. The van der Waals surface area contributed by atoms with Gasteiger partial charge in [0.1, 0.15) is 0 Å². The van der Waals surface area contributed by atoms with Crippen LogP contribution in [0.3, 0.4) is 0 Å². The Morgan fingerprint density at radius 1 is 1.07 bits per heavy atom. The highest BCUT2D eigenvalue weighted by atomic mass is 19.4. The Morgan fingerprint density at radius 2 is 1.89 bits per heavy atom. The van der Waals surface area contributed by atoms with E-state index in [0.29, 0.717) is 23.9 Å². The van der Waals surface area contributed by atoms with E-state index in [9.17, 15) is 13.2 Å². The molecule has 2 aromatic carbocycles. The predicted octanol–water partition coefficient (Wildman–Crippen LogP) is 4.34. The third-order valence-electron chi connectivity index (χ3n) is 4.25. The number of benzene rings is 2. The van der Waals surface area contributed by atoms with Crippen molar-refractivity contribution < 1.29 is 13.2 Å². The summed E-state index contributed by atoms with van der Waals surface area (Å²) in [5.74, 6) is 1.02. The number of halogens is 3. The minimum absolute atomic E-state index is 0.408. The molecule has 0 saturated heterocycles. The number of hydrogen-bond acceptors (Lipinski definition) is 3. The van der Waals surface area contributed by atoms with Crippen molar-refractivity contribution >= 4 is 17.3 Å². The third-order valence-corrected chi connectivity index (χ3v) is 4.25. The van der Waals surface area contributed by atoms with Crippen LogP contribution < -0.4 is 10.4 Å². The lowest BCUT2D eigenvalue weighted by Crippen LogP contribution is -2.46. The number of fused-ring (bicyclic) bond motifs is 1. The van der Waals surface area contributed by atoms with E-state index in [1.807, 2.05) is 31.2 Å². The Labute approximate surface area is 153 Å². The fourth-order valence-corrected chi connectivity index (χ4v) is 2.95. The predicted molar refractivity (Wildman–Crippen MR) is 96.7 cm³/mol. The van der Waals surface area contributed by atoms with Crippen molar-refractivity contribution in [2.45, 2.75) is 19.6 Å². The van der Waals surface area contributed by atoms with E-state index in [1.165, 1.54) is 6.07 Å². The number of aromatic nitrogens is 2. The highest BCUT2D eigenvalue weighted by Gasteiger charge is 2.31. The van der Waals surface area contributed by atoms with Crippen molar-refractivity contribution in [1.82, 2.24) is 15.6 Å².